The Balaban J connectivity index is 1.48. The van der Waals surface area contributed by atoms with Crippen LogP contribution in [0.2, 0.25) is 0 Å². The van der Waals surface area contributed by atoms with Crippen LogP contribution >= 0.6 is 0 Å². The summed E-state index contributed by atoms with van der Waals surface area (Å²) in [5.74, 6) is -1.29. The Morgan fingerprint density at radius 2 is 1.59 bits per heavy atom. The Kier molecular flexibility index (Phi) is 13.4. The number of carbonyl (C=O) groups is 4. The van der Waals surface area contributed by atoms with Crippen molar-refractivity contribution in [2.24, 2.45) is 28.9 Å². The van der Waals surface area contributed by atoms with Crippen molar-refractivity contribution in [3.63, 3.8) is 0 Å². The zero-order valence-corrected chi connectivity index (χ0v) is 29.6. The van der Waals surface area contributed by atoms with Crippen molar-refractivity contribution in [2.45, 2.75) is 104 Å². The second-order valence-electron chi connectivity index (χ2n) is 15.1. The summed E-state index contributed by atoms with van der Waals surface area (Å²) in [5, 5.41) is 20.1. The number of amides is 4. The molecule has 4 amide bonds. The van der Waals surface area contributed by atoms with E-state index in [1.807, 2.05) is 81.4 Å². The molecule has 2 aromatic carbocycles. The second-order valence-corrected chi connectivity index (χ2v) is 15.1. The van der Waals surface area contributed by atoms with E-state index < -0.39 is 53.6 Å². The van der Waals surface area contributed by atoms with Crippen molar-refractivity contribution in [3.05, 3.63) is 71.8 Å². The molecule has 2 fully saturated rings. The van der Waals surface area contributed by atoms with Crippen molar-refractivity contribution in [1.29, 1.82) is 0 Å². The van der Waals surface area contributed by atoms with Gasteiger partial charge < -0.3 is 31.5 Å². The van der Waals surface area contributed by atoms with Crippen LogP contribution in [0.5, 0.6) is 0 Å². The van der Waals surface area contributed by atoms with Gasteiger partial charge >= 0.3 is 6.03 Å². The van der Waals surface area contributed by atoms with Crippen LogP contribution in [0.3, 0.4) is 0 Å². The molecule has 2 aliphatic rings. The van der Waals surface area contributed by atoms with E-state index in [2.05, 4.69) is 34.7 Å². The van der Waals surface area contributed by atoms with E-state index >= 15 is 0 Å². The maximum absolute atomic E-state index is 13.8. The standard InChI is InChI=1S/C38H55N5O6/c1-24(2)28-20-30(35(46)40-29(33(44)34(39)45)19-25-15-12-16-25)43(21-28)22-31(38(3,4)5)41-37(48)42-32(27-17-10-7-11-18-27)36(47)49-23-26-13-8-6-9-14-26/h6-11,13-14,17-18,24-25,28-32,36,47H,12,15-16,19-23H2,1-5H3,(H2,39,45)(H,40,46)(H2,41,42,48)/t28-,29?,30+,31-,32-,36?/m1/s1. The SMILES string of the molecule is CC(C)[C@@H]1C[C@@H](C(=O)NC(CC2CCC2)C(=O)C(N)=O)N(C[C@@H](NC(=O)N[C@H](c2ccccc2)C(O)OCc2ccccc2)C(C)(C)C)C1. The highest BCUT2D eigenvalue weighted by Gasteiger charge is 2.42. The normalized spacial score (nSPS) is 20.9. The number of rotatable bonds is 16. The van der Waals surface area contributed by atoms with Gasteiger partial charge in [0.25, 0.3) is 5.91 Å². The van der Waals surface area contributed by atoms with Gasteiger partial charge in [-0.05, 0) is 47.1 Å². The topological polar surface area (TPSA) is 163 Å². The van der Waals surface area contributed by atoms with Gasteiger partial charge in [0.15, 0.2) is 6.29 Å². The summed E-state index contributed by atoms with van der Waals surface area (Å²) in [7, 11) is 0. The predicted octanol–water partition coefficient (Wildman–Crippen LogP) is 4.05. The molecule has 1 saturated carbocycles. The van der Waals surface area contributed by atoms with E-state index in [1.165, 1.54) is 0 Å². The zero-order chi connectivity index (χ0) is 35.7. The number of Topliss-reactive ketones (excluding diaryl/α,β-unsaturated/α-hetero) is 1. The molecule has 0 aromatic heterocycles. The van der Waals surface area contributed by atoms with Gasteiger partial charge in [0.1, 0.15) is 6.04 Å². The summed E-state index contributed by atoms with van der Waals surface area (Å²) in [6.07, 6.45) is 2.68. The van der Waals surface area contributed by atoms with E-state index in [4.69, 9.17) is 10.5 Å². The first-order valence-corrected chi connectivity index (χ1v) is 17.6. The summed E-state index contributed by atoms with van der Waals surface area (Å²) in [5.41, 5.74) is 6.53. The maximum atomic E-state index is 13.8. The van der Waals surface area contributed by atoms with Gasteiger partial charge in [0.2, 0.25) is 11.7 Å². The van der Waals surface area contributed by atoms with Crippen molar-refractivity contribution < 1.29 is 29.0 Å². The Bertz CT molecular complexity index is 1390. The number of likely N-dealkylation sites (tertiary alicyclic amines) is 1. The molecule has 1 saturated heterocycles. The smallest absolute Gasteiger partial charge is 0.315 e. The first kappa shape index (κ1) is 38.0. The van der Waals surface area contributed by atoms with E-state index in [-0.39, 0.29) is 24.3 Å². The lowest BCUT2D eigenvalue weighted by Gasteiger charge is -2.37. The highest BCUT2D eigenvalue weighted by molar-refractivity contribution is 6.37. The summed E-state index contributed by atoms with van der Waals surface area (Å²) in [4.78, 5) is 54.2. The number of aliphatic hydroxyl groups excluding tert-OH is 1. The highest BCUT2D eigenvalue weighted by Crippen LogP contribution is 2.33. The summed E-state index contributed by atoms with van der Waals surface area (Å²) < 4.78 is 5.81. The molecule has 0 spiro atoms. The van der Waals surface area contributed by atoms with Crippen molar-refractivity contribution in [1.82, 2.24) is 20.9 Å². The lowest BCUT2D eigenvalue weighted by atomic mass is 9.80. The molecule has 11 heteroatoms. The molecule has 0 radical (unpaired) electrons. The van der Waals surface area contributed by atoms with Gasteiger partial charge in [-0.15, -0.1) is 0 Å². The van der Waals surface area contributed by atoms with Gasteiger partial charge in [-0.1, -0.05) is 115 Å². The second kappa shape index (κ2) is 17.2. The number of aliphatic hydroxyl groups is 1. The van der Waals surface area contributed by atoms with Gasteiger partial charge in [-0.3, -0.25) is 19.3 Å². The molecule has 6 atom stereocenters. The Morgan fingerprint density at radius 3 is 2.14 bits per heavy atom. The van der Waals surface area contributed by atoms with E-state index in [0.717, 1.165) is 24.8 Å². The van der Waals surface area contributed by atoms with Gasteiger partial charge in [-0.2, -0.15) is 0 Å². The molecule has 11 nitrogen and oxygen atoms in total. The fraction of sp³-hybridized carbons (Fsp3) is 0.579. The number of carbonyl (C=O) groups excluding carboxylic acids is 4. The Hall–Kier alpha value is -3.80. The molecule has 2 aromatic rings. The monoisotopic (exact) mass is 677 g/mol. The lowest BCUT2D eigenvalue weighted by molar-refractivity contribution is -0.139. The van der Waals surface area contributed by atoms with Crippen molar-refractivity contribution >= 4 is 23.6 Å². The number of hydrogen-bond donors (Lipinski definition) is 5. The number of nitrogens with two attached hydrogens (primary N) is 1. The van der Waals surface area contributed by atoms with Crippen molar-refractivity contribution in [3.8, 4) is 0 Å². The predicted molar refractivity (Wildman–Crippen MR) is 188 cm³/mol. The first-order chi connectivity index (χ1) is 23.2. The van der Waals surface area contributed by atoms with E-state index in [0.29, 0.717) is 37.4 Å². The van der Waals surface area contributed by atoms with Crippen LogP contribution in [0, 0.1) is 23.2 Å². The highest BCUT2D eigenvalue weighted by atomic mass is 16.6. The summed E-state index contributed by atoms with van der Waals surface area (Å²) >= 11 is 0. The number of ether oxygens (including phenoxy) is 1. The third kappa shape index (κ3) is 10.8. The Morgan fingerprint density at radius 1 is 0.959 bits per heavy atom. The van der Waals surface area contributed by atoms with E-state index in [9.17, 15) is 24.3 Å². The van der Waals surface area contributed by atoms with E-state index in [1.54, 1.807) is 0 Å². The summed E-state index contributed by atoms with van der Waals surface area (Å²) in [6.45, 7) is 11.5. The average molecular weight is 678 g/mol. The zero-order valence-electron chi connectivity index (χ0n) is 29.6. The third-order valence-corrected chi connectivity index (χ3v) is 10.1. The number of nitrogens with zero attached hydrogens (tertiary/aromatic N) is 1. The van der Waals surface area contributed by atoms with Crippen LogP contribution in [-0.4, -0.2) is 71.1 Å². The fourth-order valence-electron chi connectivity index (χ4n) is 6.57. The Labute approximate surface area is 290 Å². The molecule has 0 bridgehead atoms. The quantitative estimate of drug-likeness (QED) is 0.132. The molecule has 1 heterocycles. The molecule has 1 aliphatic carbocycles. The molecular weight excluding hydrogens is 622 g/mol. The average Bonchev–Trinajstić information content (AvgIpc) is 3.47. The van der Waals surface area contributed by atoms with Crippen molar-refractivity contribution in [2.75, 3.05) is 13.1 Å². The van der Waals surface area contributed by atoms with Crippen LogP contribution in [0.1, 0.15) is 83.9 Å². The van der Waals surface area contributed by atoms with Crippen LogP contribution in [0.4, 0.5) is 4.79 Å². The minimum atomic E-state index is -1.32. The molecule has 49 heavy (non-hydrogen) atoms. The fourth-order valence-corrected chi connectivity index (χ4v) is 6.57. The number of ketones is 1. The third-order valence-electron chi connectivity index (χ3n) is 10.1. The first-order valence-electron chi connectivity index (χ1n) is 17.6. The molecular formula is C38H55N5O6. The molecule has 1 aliphatic heterocycles. The molecule has 4 rings (SSSR count). The summed E-state index contributed by atoms with van der Waals surface area (Å²) in [6, 6.07) is 15.4. The number of urea groups is 1. The number of primary amides is 1. The van der Waals surface area contributed by atoms with Gasteiger partial charge in [0, 0.05) is 19.1 Å². The van der Waals surface area contributed by atoms with Crippen LogP contribution in [-0.2, 0) is 25.7 Å². The number of hydrogen-bond acceptors (Lipinski definition) is 7. The number of benzene rings is 2. The molecule has 6 N–H and O–H groups in total. The maximum Gasteiger partial charge on any atom is 0.315 e. The molecule has 268 valence electrons. The molecule has 2 unspecified atom stereocenters. The minimum Gasteiger partial charge on any atom is -0.366 e. The largest absolute Gasteiger partial charge is 0.366 e. The van der Waals surface area contributed by atoms with Crippen LogP contribution in [0.25, 0.3) is 0 Å². The van der Waals surface area contributed by atoms with Gasteiger partial charge in [-0.25, -0.2) is 4.79 Å². The number of nitrogens with one attached hydrogen (secondary N) is 3. The van der Waals surface area contributed by atoms with Crippen LogP contribution < -0.4 is 21.7 Å². The van der Waals surface area contributed by atoms with Gasteiger partial charge in [0.05, 0.1) is 18.7 Å². The lowest BCUT2D eigenvalue weighted by Crippen LogP contribution is -2.57. The minimum absolute atomic E-state index is 0.168. The van der Waals surface area contributed by atoms with Crippen LogP contribution in [0.15, 0.2) is 60.7 Å².